The van der Waals surface area contributed by atoms with E-state index in [0.717, 1.165) is 11.3 Å². The molecule has 2 amide bonds. The number of aliphatic hydroxyl groups excluding tert-OH is 1. The molecule has 1 aliphatic rings. The molecule has 1 aliphatic heterocycles. The largest absolute Gasteiger partial charge is 0.392 e. The van der Waals surface area contributed by atoms with Crippen LogP contribution in [0.3, 0.4) is 0 Å². The first-order chi connectivity index (χ1) is 14.7. The third-order valence-electron chi connectivity index (χ3n) is 5.67. The molecular weight excluding hydrogens is 394 g/mol. The van der Waals surface area contributed by atoms with Crippen LogP contribution in [0.15, 0.2) is 36.5 Å². The standard InChI is InChI=1S/C23H27N5O3/c1-13(29)11-26-23(31)18-6-7-20-19(9-18)22(14(2)15(3)28(20)16(4)30)27-21-8-5-17(10-24)12-25-21/h5-9,12-15,22,29H,11H2,1-4H3,(H,25,27)(H,26,31)/t13-,14+,15+,22-/m1/s1. The highest BCUT2D eigenvalue weighted by molar-refractivity contribution is 5.98. The Morgan fingerprint density at radius 1 is 1.29 bits per heavy atom. The molecule has 0 fully saturated rings. The number of fused-ring (bicyclic) bond motifs is 1. The van der Waals surface area contributed by atoms with Gasteiger partial charge in [0.15, 0.2) is 0 Å². The number of aliphatic hydroxyl groups is 1. The van der Waals surface area contributed by atoms with Crippen LogP contribution >= 0.6 is 0 Å². The second-order valence-corrected chi connectivity index (χ2v) is 7.99. The zero-order chi connectivity index (χ0) is 22.7. The van der Waals surface area contributed by atoms with Crippen LogP contribution < -0.4 is 15.5 Å². The molecule has 0 saturated heterocycles. The first-order valence-electron chi connectivity index (χ1n) is 10.3. The van der Waals surface area contributed by atoms with Gasteiger partial charge in [-0.2, -0.15) is 5.26 Å². The number of nitriles is 1. The van der Waals surface area contributed by atoms with Crippen molar-refractivity contribution in [2.45, 2.75) is 45.9 Å². The number of aromatic nitrogens is 1. The van der Waals surface area contributed by atoms with E-state index in [2.05, 4.69) is 21.7 Å². The molecule has 0 saturated carbocycles. The SMILES string of the molecule is CC(=O)N1c2ccc(C(=O)NC[C@@H](C)O)cc2[C@H](Nc2ccc(C#N)cn2)[C@@H](C)[C@@H]1C. The molecule has 0 unspecified atom stereocenters. The summed E-state index contributed by atoms with van der Waals surface area (Å²) < 4.78 is 0. The van der Waals surface area contributed by atoms with Crippen molar-refractivity contribution in [2.75, 3.05) is 16.8 Å². The Hall–Kier alpha value is -3.44. The number of anilines is 2. The first-order valence-corrected chi connectivity index (χ1v) is 10.3. The third-order valence-corrected chi connectivity index (χ3v) is 5.67. The summed E-state index contributed by atoms with van der Waals surface area (Å²) in [6, 6.07) is 10.5. The van der Waals surface area contributed by atoms with Gasteiger partial charge < -0.3 is 20.6 Å². The van der Waals surface area contributed by atoms with Crippen LogP contribution in [0.1, 0.15) is 55.2 Å². The number of rotatable bonds is 5. The number of carbonyl (C=O) groups is 2. The molecule has 3 N–H and O–H groups in total. The molecular formula is C23H27N5O3. The van der Waals surface area contributed by atoms with Crippen LogP contribution in [0.25, 0.3) is 0 Å². The maximum absolute atomic E-state index is 12.6. The lowest BCUT2D eigenvalue weighted by Crippen LogP contribution is -2.48. The van der Waals surface area contributed by atoms with Crippen molar-refractivity contribution in [3.8, 4) is 6.07 Å². The van der Waals surface area contributed by atoms with Crippen molar-refractivity contribution >= 4 is 23.3 Å². The fourth-order valence-electron chi connectivity index (χ4n) is 3.89. The Balaban J connectivity index is 2.01. The van der Waals surface area contributed by atoms with E-state index < -0.39 is 6.10 Å². The van der Waals surface area contributed by atoms with Gasteiger partial charge in [0.05, 0.1) is 17.7 Å². The highest BCUT2D eigenvalue weighted by Crippen LogP contribution is 2.42. The minimum atomic E-state index is -0.646. The number of hydrogen-bond donors (Lipinski definition) is 3. The van der Waals surface area contributed by atoms with Crippen LogP contribution in [0.2, 0.25) is 0 Å². The zero-order valence-electron chi connectivity index (χ0n) is 18.1. The molecule has 4 atom stereocenters. The van der Waals surface area contributed by atoms with Crippen molar-refractivity contribution in [3.63, 3.8) is 0 Å². The summed E-state index contributed by atoms with van der Waals surface area (Å²) in [5.74, 6) is 0.264. The van der Waals surface area contributed by atoms with Crippen LogP contribution in [0.5, 0.6) is 0 Å². The summed E-state index contributed by atoms with van der Waals surface area (Å²) in [6.45, 7) is 7.33. The molecule has 0 spiro atoms. The van der Waals surface area contributed by atoms with E-state index in [9.17, 15) is 14.7 Å². The Kier molecular flexibility index (Phi) is 6.56. The van der Waals surface area contributed by atoms with Crippen molar-refractivity contribution in [1.29, 1.82) is 5.26 Å². The predicted octanol–water partition coefficient (Wildman–Crippen LogP) is 2.61. The van der Waals surface area contributed by atoms with Crippen molar-refractivity contribution < 1.29 is 14.7 Å². The maximum atomic E-state index is 12.6. The maximum Gasteiger partial charge on any atom is 0.251 e. The molecule has 8 heteroatoms. The van der Waals surface area contributed by atoms with Gasteiger partial charge in [-0.3, -0.25) is 9.59 Å². The average Bonchev–Trinajstić information content (AvgIpc) is 2.75. The lowest BCUT2D eigenvalue weighted by molar-refractivity contribution is -0.117. The van der Waals surface area contributed by atoms with Gasteiger partial charge in [-0.25, -0.2) is 4.98 Å². The van der Waals surface area contributed by atoms with E-state index in [1.165, 1.54) is 13.1 Å². The van der Waals surface area contributed by atoms with Crippen LogP contribution in [-0.4, -0.2) is 40.6 Å². The lowest BCUT2D eigenvalue weighted by atomic mass is 9.82. The molecule has 162 valence electrons. The number of nitrogens with one attached hydrogen (secondary N) is 2. The second-order valence-electron chi connectivity index (χ2n) is 7.99. The Morgan fingerprint density at radius 3 is 2.61 bits per heavy atom. The van der Waals surface area contributed by atoms with Gasteiger partial charge >= 0.3 is 0 Å². The summed E-state index contributed by atoms with van der Waals surface area (Å²) in [6.07, 6.45) is 0.856. The van der Waals surface area contributed by atoms with E-state index in [-0.39, 0.29) is 36.4 Å². The molecule has 0 radical (unpaired) electrons. The summed E-state index contributed by atoms with van der Waals surface area (Å²) in [5, 5.41) is 24.6. The Bertz CT molecular complexity index is 1010. The fourth-order valence-corrected chi connectivity index (χ4v) is 3.89. The molecule has 1 aromatic carbocycles. The van der Waals surface area contributed by atoms with Gasteiger partial charge in [0.25, 0.3) is 5.91 Å². The molecule has 2 aromatic rings. The van der Waals surface area contributed by atoms with Crippen LogP contribution in [0.4, 0.5) is 11.5 Å². The summed E-state index contributed by atoms with van der Waals surface area (Å²) in [7, 11) is 0. The number of pyridine rings is 1. The quantitative estimate of drug-likeness (QED) is 0.683. The number of hydrogen-bond acceptors (Lipinski definition) is 6. The van der Waals surface area contributed by atoms with E-state index in [4.69, 9.17) is 5.26 Å². The molecule has 0 aliphatic carbocycles. The zero-order valence-corrected chi connectivity index (χ0v) is 18.1. The Morgan fingerprint density at radius 2 is 2.03 bits per heavy atom. The average molecular weight is 422 g/mol. The molecule has 2 heterocycles. The van der Waals surface area contributed by atoms with Crippen molar-refractivity contribution in [1.82, 2.24) is 10.3 Å². The van der Waals surface area contributed by atoms with Gasteiger partial charge in [0.2, 0.25) is 5.91 Å². The van der Waals surface area contributed by atoms with Crippen molar-refractivity contribution in [2.24, 2.45) is 5.92 Å². The van der Waals surface area contributed by atoms with Gasteiger partial charge in [-0.05, 0) is 49.7 Å². The van der Waals surface area contributed by atoms with Crippen LogP contribution in [-0.2, 0) is 4.79 Å². The number of benzene rings is 1. The molecule has 31 heavy (non-hydrogen) atoms. The molecule has 0 bridgehead atoms. The number of nitrogens with zero attached hydrogens (tertiary/aromatic N) is 3. The number of carbonyl (C=O) groups excluding carboxylic acids is 2. The minimum absolute atomic E-state index is 0.0182. The van der Waals surface area contributed by atoms with E-state index in [1.807, 2.05) is 13.8 Å². The number of amides is 2. The van der Waals surface area contributed by atoms with Crippen LogP contribution in [0, 0.1) is 17.2 Å². The monoisotopic (exact) mass is 421 g/mol. The van der Waals surface area contributed by atoms with Gasteiger partial charge in [0, 0.05) is 42.9 Å². The van der Waals surface area contributed by atoms with E-state index >= 15 is 0 Å². The summed E-state index contributed by atoms with van der Waals surface area (Å²) >= 11 is 0. The highest BCUT2D eigenvalue weighted by Gasteiger charge is 2.38. The predicted molar refractivity (Wildman–Crippen MR) is 118 cm³/mol. The summed E-state index contributed by atoms with van der Waals surface area (Å²) in [5.41, 5.74) is 2.48. The lowest BCUT2D eigenvalue weighted by Gasteiger charge is -2.44. The highest BCUT2D eigenvalue weighted by atomic mass is 16.3. The normalized spacial score (nSPS) is 20.9. The first kappa shape index (κ1) is 22.2. The summed E-state index contributed by atoms with van der Waals surface area (Å²) in [4.78, 5) is 31.0. The Labute approximate surface area is 181 Å². The molecule has 3 rings (SSSR count). The second kappa shape index (κ2) is 9.14. The third kappa shape index (κ3) is 4.67. The van der Waals surface area contributed by atoms with Crippen molar-refractivity contribution in [3.05, 3.63) is 53.2 Å². The van der Waals surface area contributed by atoms with Gasteiger partial charge in [-0.1, -0.05) is 6.92 Å². The van der Waals surface area contributed by atoms with E-state index in [1.54, 1.807) is 42.2 Å². The van der Waals surface area contributed by atoms with Gasteiger partial charge in [-0.15, -0.1) is 0 Å². The molecule has 8 nitrogen and oxygen atoms in total. The van der Waals surface area contributed by atoms with Gasteiger partial charge in [0.1, 0.15) is 11.9 Å². The van der Waals surface area contributed by atoms with E-state index in [0.29, 0.717) is 16.9 Å². The smallest absolute Gasteiger partial charge is 0.251 e. The fraction of sp³-hybridized carbons (Fsp3) is 0.391. The topological polar surface area (TPSA) is 118 Å². The minimum Gasteiger partial charge on any atom is -0.392 e. The molecule has 1 aromatic heterocycles.